The Balaban J connectivity index is 1.36. The summed E-state index contributed by atoms with van der Waals surface area (Å²) < 4.78 is 27.6. The van der Waals surface area contributed by atoms with Gasteiger partial charge in [0.1, 0.15) is 11.5 Å². The third-order valence-corrected chi connectivity index (χ3v) is 6.33. The van der Waals surface area contributed by atoms with Gasteiger partial charge in [-0.1, -0.05) is 0 Å². The summed E-state index contributed by atoms with van der Waals surface area (Å²) in [6.07, 6.45) is 6.49. The van der Waals surface area contributed by atoms with Crippen LogP contribution in [-0.4, -0.2) is 53.9 Å². The number of alkyl halides is 2. The highest BCUT2D eigenvalue weighted by molar-refractivity contribution is 5.95. The molecule has 1 amide bonds. The number of amides is 1. The number of aromatic amines is 1. The van der Waals surface area contributed by atoms with Gasteiger partial charge in [-0.05, 0) is 38.7 Å². The molecule has 0 aromatic carbocycles. The highest BCUT2D eigenvalue weighted by Crippen LogP contribution is 2.30. The molecule has 0 atom stereocenters. The molecule has 178 valence electrons. The van der Waals surface area contributed by atoms with Crippen molar-refractivity contribution in [1.29, 1.82) is 0 Å². The van der Waals surface area contributed by atoms with Gasteiger partial charge in [0.2, 0.25) is 11.9 Å². The Morgan fingerprint density at radius 2 is 1.94 bits per heavy atom. The molecule has 0 unspecified atom stereocenters. The molecular formula is C23H26F2N8O. The van der Waals surface area contributed by atoms with Crippen molar-refractivity contribution in [3.05, 3.63) is 30.5 Å². The fourth-order valence-electron chi connectivity index (χ4n) is 4.70. The van der Waals surface area contributed by atoms with E-state index in [1.54, 1.807) is 26.2 Å². The zero-order valence-corrected chi connectivity index (χ0v) is 19.0. The number of halogens is 2. The van der Waals surface area contributed by atoms with E-state index in [-0.39, 0.29) is 18.0 Å². The molecule has 1 saturated carbocycles. The Bertz CT molecular complexity index is 1340. The molecule has 5 rings (SSSR count). The van der Waals surface area contributed by atoms with Gasteiger partial charge in [-0.15, -0.1) is 0 Å². The lowest BCUT2D eigenvalue weighted by molar-refractivity contribution is -0.119. The van der Waals surface area contributed by atoms with E-state index in [0.717, 1.165) is 42.2 Å². The molecule has 3 N–H and O–H groups in total. The predicted molar refractivity (Wildman–Crippen MR) is 125 cm³/mol. The second-order valence-electron chi connectivity index (χ2n) is 8.78. The van der Waals surface area contributed by atoms with Gasteiger partial charge in [0.15, 0.2) is 5.65 Å². The molecule has 1 fully saturated rings. The van der Waals surface area contributed by atoms with Crippen LogP contribution in [-0.2, 0) is 11.3 Å². The molecule has 0 bridgehead atoms. The molecule has 0 saturated heterocycles. The van der Waals surface area contributed by atoms with Crippen LogP contribution in [0.3, 0.4) is 0 Å². The number of pyridine rings is 1. The number of carbonyl (C=O) groups is 1. The maximum Gasteiger partial charge on any atom is 0.256 e. The van der Waals surface area contributed by atoms with Crippen LogP contribution in [0.4, 0.5) is 14.7 Å². The highest BCUT2D eigenvalue weighted by Gasteiger charge is 2.22. The summed E-state index contributed by atoms with van der Waals surface area (Å²) in [5.41, 5.74) is 3.30. The first-order valence-corrected chi connectivity index (χ1v) is 11.4. The lowest BCUT2D eigenvalue weighted by atomic mass is 9.91. The first kappa shape index (κ1) is 22.2. The third-order valence-electron chi connectivity index (χ3n) is 6.33. The van der Waals surface area contributed by atoms with Crippen molar-refractivity contribution in [2.45, 2.75) is 64.6 Å². The van der Waals surface area contributed by atoms with Gasteiger partial charge in [0.25, 0.3) is 6.43 Å². The first-order chi connectivity index (χ1) is 16.4. The Labute approximate surface area is 194 Å². The van der Waals surface area contributed by atoms with Gasteiger partial charge in [-0.3, -0.25) is 4.79 Å². The number of aryl methyl sites for hydroxylation is 1. The molecule has 34 heavy (non-hydrogen) atoms. The van der Waals surface area contributed by atoms with Crippen molar-refractivity contribution >= 4 is 34.1 Å². The van der Waals surface area contributed by atoms with Gasteiger partial charge in [-0.25, -0.2) is 23.7 Å². The van der Waals surface area contributed by atoms with E-state index in [9.17, 15) is 13.6 Å². The zero-order valence-electron chi connectivity index (χ0n) is 19.0. The van der Waals surface area contributed by atoms with Crippen LogP contribution in [0, 0.1) is 6.92 Å². The van der Waals surface area contributed by atoms with E-state index in [0.29, 0.717) is 28.6 Å². The number of carbonyl (C=O) groups excluding carboxylic acids is 1. The van der Waals surface area contributed by atoms with E-state index in [1.165, 1.54) is 4.57 Å². The smallest absolute Gasteiger partial charge is 0.256 e. The van der Waals surface area contributed by atoms with Crippen LogP contribution in [0.25, 0.3) is 33.3 Å². The maximum absolute atomic E-state index is 13.1. The minimum atomic E-state index is -2.48. The number of anilines is 1. The van der Waals surface area contributed by atoms with Gasteiger partial charge >= 0.3 is 0 Å². The lowest BCUT2D eigenvalue weighted by Crippen LogP contribution is -2.39. The van der Waals surface area contributed by atoms with E-state index < -0.39 is 13.0 Å². The van der Waals surface area contributed by atoms with Gasteiger partial charge in [-0.2, -0.15) is 4.98 Å². The summed E-state index contributed by atoms with van der Waals surface area (Å²) >= 11 is 0. The van der Waals surface area contributed by atoms with Crippen LogP contribution < -0.4 is 10.6 Å². The third kappa shape index (κ3) is 4.42. The van der Waals surface area contributed by atoms with Crippen LogP contribution >= 0.6 is 0 Å². The predicted octanol–water partition coefficient (Wildman–Crippen LogP) is 3.80. The average molecular weight is 469 g/mol. The molecule has 0 radical (unpaired) electrons. The molecule has 4 heterocycles. The highest BCUT2D eigenvalue weighted by atomic mass is 19.3. The molecule has 11 heteroatoms. The molecule has 0 spiro atoms. The van der Waals surface area contributed by atoms with E-state index in [1.807, 2.05) is 12.3 Å². The van der Waals surface area contributed by atoms with E-state index >= 15 is 0 Å². The Kier molecular flexibility index (Phi) is 5.84. The van der Waals surface area contributed by atoms with Crippen molar-refractivity contribution in [2.75, 3.05) is 5.32 Å². The second-order valence-corrected chi connectivity index (χ2v) is 8.78. The van der Waals surface area contributed by atoms with Crippen molar-refractivity contribution in [3.63, 3.8) is 0 Å². The van der Waals surface area contributed by atoms with Crippen LogP contribution in [0.15, 0.2) is 24.7 Å². The number of hydrogen-bond acceptors (Lipinski definition) is 6. The summed E-state index contributed by atoms with van der Waals surface area (Å²) in [6, 6.07) is 2.31. The Morgan fingerprint density at radius 3 is 2.68 bits per heavy atom. The maximum atomic E-state index is 13.1. The summed E-state index contributed by atoms with van der Waals surface area (Å²) in [6.45, 7) is 2.82. The summed E-state index contributed by atoms with van der Waals surface area (Å²) in [7, 11) is 0. The molecule has 4 aromatic heterocycles. The van der Waals surface area contributed by atoms with E-state index in [2.05, 4.69) is 35.6 Å². The number of hydrogen-bond donors (Lipinski definition) is 3. The van der Waals surface area contributed by atoms with Gasteiger partial charge in [0.05, 0.1) is 12.1 Å². The fraction of sp³-hybridized carbons (Fsp3) is 0.435. The quantitative estimate of drug-likeness (QED) is 0.397. The fourth-order valence-corrected chi connectivity index (χ4v) is 4.70. The van der Waals surface area contributed by atoms with Crippen molar-refractivity contribution in [2.24, 2.45) is 0 Å². The van der Waals surface area contributed by atoms with Crippen LogP contribution in [0.5, 0.6) is 0 Å². The molecular weight excluding hydrogens is 442 g/mol. The van der Waals surface area contributed by atoms with Gasteiger partial charge < -0.3 is 20.2 Å². The summed E-state index contributed by atoms with van der Waals surface area (Å²) in [5, 5.41) is 7.20. The number of rotatable bonds is 6. The van der Waals surface area contributed by atoms with Crippen LogP contribution in [0.2, 0.25) is 0 Å². The number of aromatic nitrogens is 6. The van der Waals surface area contributed by atoms with E-state index in [4.69, 9.17) is 0 Å². The number of nitrogens with zero attached hydrogens (tertiary/aromatic N) is 5. The molecule has 1 aliphatic rings. The molecule has 9 nitrogen and oxygen atoms in total. The number of fused-ring (bicyclic) bond motifs is 2. The molecule has 1 aliphatic carbocycles. The second kappa shape index (κ2) is 8.96. The minimum Gasteiger partial charge on any atom is -0.354 e. The topological polar surface area (TPSA) is 113 Å². The average Bonchev–Trinajstić information content (AvgIpc) is 3.34. The Morgan fingerprint density at radius 1 is 1.18 bits per heavy atom. The van der Waals surface area contributed by atoms with Crippen molar-refractivity contribution in [1.82, 2.24) is 34.8 Å². The number of imidazole rings is 1. The van der Waals surface area contributed by atoms with Crippen molar-refractivity contribution in [3.8, 4) is 11.1 Å². The summed E-state index contributed by atoms with van der Waals surface area (Å²) in [4.78, 5) is 32.2. The molecule has 4 aromatic rings. The Hall–Kier alpha value is -3.63. The van der Waals surface area contributed by atoms with Crippen LogP contribution in [0.1, 0.15) is 38.4 Å². The summed E-state index contributed by atoms with van der Waals surface area (Å²) in [5.74, 6) is 1.06. The minimum absolute atomic E-state index is 0.00991. The van der Waals surface area contributed by atoms with Gasteiger partial charge in [0, 0.05) is 54.1 Å². The normalized spacial score (nSPS) is 18.6. The SMILES string of the molecule is CC(=O)N[C@H]1CC[C@H](Nc2ncc3c(-c4cnc5nc(C)n(CC(F)F)c5c4)c[nH]c3n2)CC1. The zero-order chi connectivity index (χ0) is 23.8. The number of H-pyrrole nitrogens is 1. The lowest BCUT2D eigenvalue weighted by Gasteiger charge is -2.29. The largest absolute Gasteiger partial charge is 0.354 e. The van der Waals surface area contributed by atoms with Crippen molar-refractivity contribution < 1.29 is 13.6 Å². The standard InChI is InChI=1S/C23H26F2N8O/c1-12-29-22-19(33(12)11-20(24)25)7-14(8-26-22)17-9-27-21-18(17)10-28-23(32-21)31-16-5-3-15(4-6-16)30-13(2)34/h7-10,15-16,20H,3-6,11H2,1-2H3,(H,30,34)(H2,27,28,31,32)/t15-,16-. The number of nitrogens with one attached hydrogen (secondary N) is 3. The monoisotopic (exact) mass is 468 g/mol. The molecule has 0 aliphatic heterocycles. The first-order valence-electron chi connectivity index (χ1n) is 11.4.